The second kappa shape index (κ2) is 7.56. The molecule has 2 N–H and O–H groups in total. The fourth-order valence-electron chi connectivity index (χ4n) is 1.72. The Morgan fingerprint density at radius 3 is 2.55 bits per heavy atom. The zero-order valence-corrected chi connectivity index (χ0v) is 12.7. The van der Waals surface area contributed by atoms with Gasteiger partial charge in [0.15, 0.2) is 0 Å². The van der Waals surface area contributed by atoms with Crippen molar-refractivity contribution in [3.05, 3.63) is 54.2 Å². The maximum atomic E-state index is 11.7. The molecule has 0 aliphatic rings. The molecule has 2 aromatic rings. The molecule has 0 spiro atoms. The molecule has 0 fully saturated rings. The first-order chi connectivity index (χ1) is 10.6. The maximum absolute atomic E-state index is 11.7. The molecule has 0 aliphatic carbocycles. The van der Waals surface area contributed by atoms with Crippen LogP contribution in [-0.4, -0.2) is 17.0 Å². The molecule has 5 heteroatoms. The lowest BCUT2D eigenvalue weighted by atomic mass is 10.1. The van der Waals surface area contributed by atoms with E-state index in [2.05, 4.69) is 4.98 Å². The summed E-state index contributed by atoms with van der Waals surface area (Å²) in [5, 5.41) is 0. The quantitative estimate of drug-likeness (QED) is 0.830. The van der Waals surface area contributed by atoms with Crippen molar-refractivity contribution in [1.29, 1.82) is 0 Å². The number of rotatable bonds is 6. The van der Waals surface area contributed by atoms with E-state index in [0.717, 1.165) is 0 Å². The molecule has 0 aliphatic heterocycles. The minimum absolute atomic E-state index is 0.0354. The molecule has 1 atom stereocenters. The third-order valence-electron chi connectivity index (χ3n) is 3.10. The van der Waals surface area contributed by atoms with E-state index in [1.807, 2.05) is 44.2 Å². The highest BCUT2D eigenvalue weighted by Gasteiger charge is 2.18. The third kappa shape index (κ3) is 4.56. The number of benzene rings is 1. The molecule has 0 saturated heterocycles. The fourth-order valence-corrected chi connectivity index (χ4v) is 1.72. The smallest absolute Gasteiger partial charge is 0.323 e. The third-order valence-corrected chi connectivity index (χ3v) is 3.10. The van der Waals surface area contributed by atoms with E-state index in [1.165, 1.54) is 0 Å². The Hall–Kier alpha value is -2.40. The van der Waals surface area contributed by atoms with Gasteiger partial charge >= 0.3 is 5.97 Å². The number of nitrogens with two attached hydrogens (primary N) is 1. The Morgan fingerprint density at radius 2 is 1.86 bits per heavy atom. The standard InChI is InChI=1S/C17H20N2O3/c1-12(2)16(18)17(20)21-11-13-7-6-10-15(19-13)22-14-8-4-3-5-9-14/h3-10,12,16H,11,18H2,1-2H3. The number of hydrogen-bond donors (Lipinski definition) is 1. The molecular weight excluding hydrogens is 280 g/mol. The zero-order valence-electron chi connectivity index (χ0n) is 12.7. The van der Waals surface area contributed by atoms with Gasteiger partial charge in [-0.05, 0) is 24.1 Å². The molecule has 1 unspecified atom stereocenters. The van der Waals surface area contributed by atoms with E-state index in [1.54, 1.807) is 18.2 Å². The summed E-state index contributed by atoms with van der Waals surface area (Å²) < 4.78 is 10.8. The normalized spacial score (nSPS) is 12.0. The van der Waals surface area contributed by atoms with Crippen LogP contribution in [0, 0.1) is 5.92 Å². The molecular formula is C17H20N2O3. The van der Waals surface area contributed by atoms with Crippen LogP contribution in [0.25, 0.3) is 0 Å². The van der Waals surface area contributed by atoms with Gasteiger partial charge in [0.25, 0.3) is 0 Å². The first-order valence-corrected chi connectivity index (χ1v) is 7.17. The second-order valence-corrected chi connectivity index (χ2v) is 5.26. The number of carbonyl (C=O) groups excluding carboxylic acids is 1. The molecule has 5 nitrogen and oxygen atoms in total. The Labute approximate surface area is 130 Å². The van der Waals surface area contributed by atoms with E-state index < -0.39 is 12.0 Å². The summed E-state index contributed by atoms with van der Waals surface area (Å²) in [4.78, 5) is 16.0. The van der Waals surface area contributed by atoms with Crippen molar-refractivity contribution >= 4 is 5.97 Å². The molecule has 0 radical (unpaired) electrons. The molecule has 1 aromatic carbocycles. The fraction of sp³-hybridized carbons (Fsp3) is 0.294. The summed E-state index contributed by atoms with van der Waals surface area (Å²) >= 11 is 0. The van der Waals surface area contributed by atoms with E-state index >= 15 is 0 Å². The molecule has 22 heavy (non-hydrogen) atoms. The van der Waals surface area contributed by atoms with Gasteiger partial charge in [0.05, 0.1) is 5.69 Å². The lowest BCUT2D eigenvalue weighted by Crippen LogP contribution is -2.36. The lowest BCUT2D eigenvalue weighted by Gasteiger charge is -2.14. The van der Waals surface area contributed by atoms with Crippen molar-refractivity contribution in [3.63, 3.8) is 0 Å². The van der Waals surface area contributed by atoms with Gasteiger partial charge < -0.3 is 15.2 Å². The molecule has 1 heterocycles. The number of nitrogens with zero attached hydrogens (tertiary/aromatic N) is 1. The van der Waals surface area contributed by atoms with E-state index in [0.29, 0.717) is 17.3 Å². The highest BCUT2D eigenvalue weighted by atomic mass is 16.5. The molecule has 2 rings (SSSR count). The largest absolute Gasteiger partial charge is 0.458 e. The van der Waals surface area contributed by atoms with Crippen LogP contribution in [0.3, 0.4) is 0 Å². The number of carbonyl (C=O) groups is 1. The number of ether oxygens (including phenoxy) is 2. The monoisotopic (exact) mass is 300 g/mol. The summed E-state index contributed by atoms with van der Waals surface area (Å²) in [5.74, 6) is 0.762. The summed E-state index contributed by atoms with van der Waals surface area (Å²) in [5.41, 5.74) is 6.35. The van der Waals surface area contributed by atoms with Crippen LogP contribution in [0.5, 0.6) is 11.6 Å². The van der Waals surface area contributed by atoms with Gasteiger partial charge in [0, 0.05) is 6.07 Å². The number of para-hydroxylation sites is 1. The molecule has 0 amide bonds. The topological polar surface area (TPSA) is 74.4 Å². The van der Waals surface area contributed by atoms with E-state index in [4.69, 9.17) is 15.2 Å². The first-order valence-electron chi connectivity index (χ1n) is 7.17. The predicted octanol–water partition coefficient (Wildman–Crippen LogP) is 2.90. The van der Waals surface area contributed by atoms with Crippen LogP contribution in [0.1, 0.15) is 19.5 Å². The average molecular weight is 300 g/mol. The van der Waals surface area contributed by atoms with Crippen LogP contribution in [-0.2, 0) is 16.1 Å². The van der Waals surface area contributed by atoms with Crippen LogP contribution in [0.4, 0.5) is 0 Å². The Morgan fingerprint density at radius 1 is 1.14 bits per heavy atom. The van der Waals surface area contributed by atoms with Gasteiger partial charge in [-0.2, -0.15) is 0 Å². The summed E-state index contributed by atoms with van der Waals surface area (Å²) in [6.07, 6.45) is 0. The number of pyridine rings is 1. The van der Waals surface area contributed by atoms with Gasteiger partial charge in [-0.1, -0.05) is 38.1 Å². The molecule has 0 saturated carbocycles. The lowest BCUT2D eigenvalue weighted by molar-refractivity contribution is -0.147. The zero-order chi connectivity index (χ0) is 15.9. The van der Waals surface area contributed by atoms with Crippen molar-refractivity contribution in [2.24, 2.45) is 11.7 Å². The van der Waals surface area contributed by atoms with Gasteiger partial charge in [-0.15, -0.1) is 0 Å². The van der Waals surface area contributed by atoms with Crippen LogP contribution in [0.15, 0.2) is 48.5 Å². The van der Waals surface area contributed by atoms with Crippen molar-refractivity contribution in [2.45, 2.75) is 26.5 Å². The van der Waals surface area contributed by atoms with Crippen molar-refractivity contribution in [3.8, 4) is 11.6 Å². The maximum Gasteiger partial charge on any atom is 0.323 e. The SMILES string of the molecule is CC(C)C(N)C(=O)OCc1cccc(Oc2ccccc2)n1. The summed E-state index contributed by atoms with van der Waals surface area (Å²) in [7, 11) is 0. The highest BCUT2D eigenvalue weighted by molar-refractivity contribution is 5.75. The van der Waals surface area contributed by atoms with Gasteiger partial charge in [0.2, 0.25) is 5.88 Å². The Bertz CT molecular complexity index is 614. The predicted molar refractivity (Wildman–Crippen MR) is 83.4 cm³/mol. The second-order valence-electron chi connectivity index (χ2n) is 5.26. The Kier molecular flexibility index (Phi) is 5.49. The Balaban J connectivity index is 1.96. The van der Waals surface area contributed by atoms with Gasteiger partial charge in [-0.25, -0.2) is 4.98 Å². The minimum Gasteiger partial charge on any atom is -0.458 e. The number of hydrogen-bond acceptors (Lipinski definition) is 5. The number of esters is 1. The van der Waals surface area contributed by atoms with Crippen molar-refractivity contribution in [2.75, 3.05) is 0 Å². The van der Waals surface area contributed by atoms with E-state index in [9.17, 15) is 4.79 Å². The molecule has 116 valence electrons. The van der Waals surface area contributed by atoms with Crippen LogP contribution < -0.4 is 10.5 Å². The summed E-state index contributed by atoms with van der Waals surface area (Å²) in [6.45, 7) is 3.82. The minimum atomic E-state index is -0.622. The average Bonchev–Trinajstić information content (AvgIpc) is 2.53. The first kappa shape index (κ1) is 16.0. The summed E-state index contributed by atoms with van der Waals surface area (Å²) in [6, 6.07) is 14.1. The van der Waals surface area contributed by atoms with Crippen molar-refractivity contribution in [1.82, 2.24) is 4.98 Å². The number of aromatic nitrogens is 1. The van der Waals surface area contributed by atoms with Gasteiger partial charge in [0.1, 0.15) is 18.4 Å². The van der Waals surface area contributed by atoms with Crippen LogP contribution >= 0.6 is 0 Å². The molecule has 0 bridgehead atoms. The van der Waals surface area contributed by atoms with Crippen molar-refractivity contribution < 1.29 is 14.3 Å². The van der Waals surface area contributed by atoms with E-state index in [-0.39, 0.29) is 12.5 Å². The molecule has 1 aromatic heterocycles. The van der Waals surface area contributed by atoms with Gasteiger partial charge in [-0.3, -0.25) is 4.79 Å². The van der Waals surface area contributed by atoms with Crippen LogP contribution in [0.2, 0.25) is 0 Å². The highest BCUT2D eigenvalue weighted by Crippen LogP contribution is 2.19.